The van der Waals surface area contributed by atoms with E-state index in [1.165, 1.54) is 27.7 Å². The lowest BCUT2D eigenvalue weighted by molar-refractivity contribution is -0.165. The minimum atomic E-state index is -1.41. The summed E-state index contributed by atoms with van der Waals surface area (Å²) in [5.74, 6) is -9.31. The van der Waals surface area contributed by atoms with E-state index >= 15 is 0 Å². The third-order valence-corrected chi connectivity index (χ3v) is 7.52. The van der Waals surface area contributed by atoms with Crippen LogP contribution in [0.1, 0.15) is 83.1 Å². The lowest BCUT2D eigenvalue weighted by Crippen LogP contribution is -2.55. The molecule has 0 unspecified atom stereocenters. The van der Waals surface area contributed by atoms with Crippen molar-refractivity contribution in [2.24, 2.45) is 23.7 Å². The van der Waals surface area contributed by atoms with Crippen molar-refractivity contribution in [1.29, 1.82) is 0 Å². The molecule has 8 atom stereocenters. The second-order valence-corrected chi connectivity index (χ2v) is 13.2. The van der Waals surface area contributed by atoms with Gasteiger partial charge in [-0.2, -0.15) is 0 Å². The Labute approximate surface area is 281 Å². The molecule has 4 N–H and O–H groups in total. The summed E-state index contributed by atoms with van der Waals surface area (Å²) < 4.78 is 21.3. The first-order chi connectivity index (χ1) is 22.1. The lowest BCUT2D eigenvalue weighted by Gasteiger charge is -2.28. The molecule has 1 aliphatic heterocycles. The summed E-state index contributed by atoms with van der Waals surface area (Å²) >= 11 is 0. The van der Waals surface area contributed by atoms with E-state index in [9.17, 15) is 38.4 Å². The van der Waals surface area contributed by atoms with Crippen LogP contribution in [0, 0.1) is 23.7 Å². The molecule has 1 saturated heterocycles. The summed E-state index contributed by atoms with van der Waals surface area (Å²) in [6, 6.07) is -5.02. The standard InChI is InChI=1S/C32H52N4O12/c1-13(2)21-29(41)45-18(10)26(38)34-23(15(5)6)31(43)47-20(12)28(40)36-24(16(7)8)32(44)48-19(11)27(39)35-22(14(3)4)30(42)46-17(9)25(37)33-21/h13-24H,1-12H3,(H,33,37)(H,34,38)(H,35,39)(H,36,40)/t17-,18-,19-,20-,21-,22+,23+,24-/m1/s1. The molecule has 1 aliphatic rings. The van der Waals surface area contributed by atoms with E-state index in [2.05, 4.69) is 21.3 Å². The topological polar surface area (TPSA) is 222 Å². The van der Waals surface area contributed by atoms with Crippen molar-refractivity contribution in [2.45, 2.75) is 132 Å². The molecule has 0 bridgehead atoms. The molecular weight excluding hydrogens is 632 g/mol. The number of nitrogens with one attached hydrogen (secondary N) is 4. The van der Waals surface area contributed by atoms with Crippen molar-refractivity contribution in [1.82, 2.24) is 21.3 Å². The molecule has 1 rings (SSSR count). The van der Waals surface area contributed by atoms with Gasteiger partial charge in [0.2, 0.25) is 0 Å². The predicted octanol–water partition coefficient (Wildman–Crippen LogP) is 0.290. The van der Waals surface area contributed by atoms with E-state index in [1.54, 1.807) is 55.4 Å². The van der Waals surface area contributed by atoms with Gasteiger partial charge in [-0.1, -0.05) is 55.4 Å². The third-order valence-electron chi connectivity index (χ3n) is 7.52. The van der Waals surface area contributed by atoms with Gasteiger partial charge >= 0.3 is 23.9 Å². The zero-order chi connectivity index (χ0) is 37.2. The Hall–Kier alpha value is -4.24. The second-order valence-electron chi connectivity index (χ2n) is 13.2. The minimum Gasteiger partial charge on any atom is -0.451 e. The smallest absolute Gasteiger partial charge is 0.329 e. The van der Waals surface area contributed by atoms with Crippen LogP contribution < -0.4 is 21.3 Å². The number of hydrogen-bond acceptors (Lipinski definition) is 12. The van der Waals surface area contributed by atoms with Gasteiger partial charge in [0, 0.05) is 0 Å². The SMILES string of the molecule is CC(C)[C@@H]1NC(=O)[C@@H](C)OC(=O)[C@@H](C(C)C)NC(=O)[C@@H](C)OC(=O)[C@H](C(C)C)NC(=O)[C@@H](C)OC(=O)[C@@H](C(C)C)NC(=O)[C@@H](C)OC1=O. The van der Waals surface area contributed by atoms with Gasteiger partial charge in [-0.25, -0.2) is 19.2 Å². The highest BCUT2D eigenvalue weighted by molar-refractivity contribution is 5.94. The third kappa shape index (κ3) is 12.1. The summed E-state index contributed by atoms with van der Waals surface area (Å²) in [5.41, 5.74) is 0. The van der Waals surface area contributed by atoms with Crippen LogP contribution in [0.2, 0.25) is 0 Å². The van der Waals surface area contributed by atoms with E-state index in [1.807, 2.05) is 0 Å². The number of cyclic esters (lactones) is 4. The van der Waals surface area contributed by atoms with E-state index in [0.717, 1.165) is 0 Å². The Morgan fingerprint density at radius 2 is 0.500 bits per heavy atom. The van der Waals surface area contributed by atoms with Gasteiger partial charge in [-0.3, -0.25) is 19.2 Å². The molecule has 0 spiro atoms. The van der Waals surface area contributed by atoms with Crippen LogP contribution in [-0.2, 0) is 57.3 Å². The fourth-order valence-corrected chi connectivity index (χ4v) is 4.28. The van der Waals surface area contributed by atoms with E-state index in [0.29, 0.717) is 0 Å². The number of carbonyl (C=O) groups excluding carboxylic acids is 8. The highest BCUT2D eigenvalue weighted by atomic mass is 16.6. The van der Waals surface area contributed by atoms with Crippen LogP contribution in [0.15, 0.2) is 0 Å². The van der Waals surface area contributed by atoms with E-state index < -0.39 is 120 Å². The van der Waals surface area contributed by atoms with Crippen LogP contribution >= 0.6 is 0 Å². The maximum Gasteiger partial charge on any atom is 0.329 e. The number of esters is 4. The Morgan fingerprint density at radius 3 is 0.625 bits per heavy atom. The van der Waals surface area contributed by atoms with Crippen LogP contribution in [0.25, 0.3) is 0 Å². The van der Waals surface area contributed by atoms with Crippen molar-refractivity contribution >= 4 is 47.5 Å². The van der Waals surface area contributed by atoms with Gasteiger partial charge < -0.3 is 40.2 Å². The molecule has 0 aliphatic carbocycles. The molecule has 272 valence electrons. The lowest BCUT2D eigenvalue weighted by atomic mass is 10.0. The molecule has 48 heavy (non-hydrogen) atoms. The first kappa shape index (κ1) is 41.8. The van der Waals surface area contributed by atoms with Gasteiger partial charge in [0.1, 0.15) is 24.2 Å². The Bertz CT molecular complexity index is 1030. The summed E-state index contributed by atoms with van der Waals surface area (Å²) in [6.45, 7) is 18.0. The van der Waals surface area contributed by atoms with Crippen molar-refractivity contribution in [3.8, 4) is 0 Å². The highest BCUT2D eigenvalue weighted by Crippen LogP contribution is 2.13. The first-order valence-electron chi connectivity index (χ1n) is 16.1. The molecule has 0 aromatic carbocycles. The quantitative estimate of drug-likeness (QED) is 0.232. The molecule has 16 heteroatoms. The Kier molecular flexibility index (Phi) is 16.0. The maximum absolute atomic E-state index is 13.1. The number of ether oxygens (including phenoxy) is 4. The summed E-state index contributed by atoms with van der Waals surface area (Å²) in [7, 11) is 0. The molecule has 0 aromatic rings. The van der Waals surface area contributed by atoms with Crippen molar-refractivity contribution < 1.29 is 57.3 Å². The zero-order valence-corrected chi connectivity index (χ0v) is 29.8. The highest BCUT2D eigenvalue weighted by Gasteiger charge is 2.37. The van der Waals surface area contributed by atoms with Gasteiger partial charge in [0.05, 0.1) is 0 Å². The largest absolute Gasteiger partial charge is 0.451 e. The van der Waals surface area contributed by atoms with Crippen LogP contribution in [-0.4, -0.2) is 96.1 Å². The number of rotatable bonds is 4. The average Bonchev–Trinajstić information content (AvgIpc) is 2.97. The van der Waals surface area contributed by atoms with Crippen molar-refractivity contribution in [3.63, 3.8) is 0 Å². The number of carbonyl (C=O) groups is 8. The van der Waals surface area contributed by atoms with Gasteiger partial charge in [-0.15, -0.1) is 0 Å². The predicted molar refractivity (Wildman–Crippen MR) is 169 cm³/mol. The fraction of sp³-hybridized carbons (Fsp3) is 0.750. The Balaban J connectivity index is 3.48. The first-order valence-corrected chi connectivity index (χ1v) is 16.1. The zero-order valence-electron chi connectivity index (χ0n) is 29.8. The molecule has 0 radical (unpaired) electrons. The maximum atomic E-state index is 13.1. The minimum absolute atomic E-state index is 0.522. The summed E-state index contributed by atoms with van der Waals surface area (Å²) in [5, 5.41) is 9.86. The van der Waals surface area contributed by atoms with Crippen LogP contribution in [0.4, 0.5) is 0 Å². The summed E-state index contributed by atoms with van der Waals surface area (Å²) in [6.07, 6.45) is -5.66. The number of amides is 4. The van der Waals surface area contributed by atoms with E-state index in [4.69, 9.17) is 18.9 Å². The van der Waals surface area contributed by atoms with Crippen molar-refractivity contribution in [3.05, 3.63) is 0 Å². The molecule has 4 amide bonds. The van der Waals surface area contributed by atoms with Gasteiger partial charge in [-0.05, 0) is 51.4 Å². The van der Waals surface area contributed by atoms with Crippen LogP contribution in [0.5, 0.6) is 0 Å². The molecular formula is C32H52N4O12. The fourth-order valence-electron chi connectivity index (χ4n) is 4.28. The monoisotopic (exact) mass is 684 g/mol. The Morgan fingerprint density at radius 1 is 0.354 bits per heavy atom. The second kappa shape index (κ2) is 18.3. The van der Waals surface area contributed by atoms with Crippen LogP contribution in [0.3, 0.4) is 0 Å². The molecule has 1 heterocycles. The normalized spacial score (nSPS) is 30.0. The molecule has 16 nitrogen and oxygen atoms in total. The molecule has 1 fully saturated rings. The molecule has 0 aromatic heterocycles. The average molecular weight is 685 g/mol. The molecule has 0 saturated carbocycles. The van der Waals surface area contributed by atoms with E-state index in [-0.39, 0.29) is 0 Å². The number of hydrogen-bond donors (Lipinski definition) is 4. The van der Waals surface area contributed by atoms with Crippen molar-refractivity contribution in [2.75, 3.05) is 0 Å². The van der Waals surface area contributed by atoms with Gasteiger partial charge in [0.25, 0.3) is 23.6 Å². The summed E-state index contributed by atoms with van der Waals surface area (Å²) in [4.78, 5) is 104. The van der Waals surface area contributed by atoms with Gasteiger partial charge in [0.15, 0.2) is 24.4 Å².